The van der Waals surface area contributed by atoms with Gasteiger partial charge in [0.05, 0.1) is 17.6 Å². The summed E-state index contributed by atoms with van der Waals surface area (Å²) in [6.45, 7) is 1.47. The van der Waals surface area contributed by atoms with Crippen LogP contribution in [-0.2, 0) is 13.6 Å². The standard InChI is InChI=1S/C12H21N3O/c1-15-10-14-8-11(15)7-13-9-12(16)5-3-2-4-6-12/h8,10,13,16H,2-7,9H2,1H3. The number of nitrogens with one attached hydrogen (secondary N) is 1. The molecule has 1 aliphatic rings. The predicted molar refractivity (Wildman–Crippen MR) is 62.9 cm³/mol. The molecule has 1 aromatic heterocycles. The second-order valence-electron chi connectivity index (χ2n) is 4.88. The Morgan fingerprint density at radius 2 is 2.19 bits per heavy atom. The van der Waals surface area contributed by atoms with Crippen molar-refractivity contribution in [3.05, 3.63) is 18.2 Å². The van der Waals surface area contributed by atoms with E-state index in [1.54, 1.807) is 6.33 Å². The quantitative estimate of drug-likeness (QED) is 0.806. The molecule has 1 aromatic rings. The van der Waals surface area contributed by atoms with Gasteiger partial charge < -0.3 is 15.0 Å². The van der Waals surface area contributed by atoms with Crippen molar-refractivity contribution in [3.63, 3.8) is 0 Å². The summed E-state index contributed by atoms with van der Waals surface area (Å²) in [6, 6.07) is 0. The van der Waals surface area contributed by atoms with Gasteiger partial charge in [0.15, 0.2) is 0 Å². The first-order chi connectivity index (χ1) is 7.70. The van der Waals surface area contributed by atoms with E-state index < -0.39 is 5.60 Å². The van der Waals surface area contributed by atoms with Crippen LogP contribution in [0.2, 0.25) is 0 Å². The van der Waals surface area contributed by atoms with Crippen LogP contribution in [-0.4, -0.2) is 26.8 Å². The maximum atomic E-state index is 10.3. The zero-order chi connectivity index (χ0) is 11.4. The number of hydrogen-bond donors (Lipinski definition) is 2. The van der Waals surface area contributed by atoms with Crippen LogP contribution in [0.25, 0.3) is 0 Å². The molecule has 0 bridgehead atoms. The molecule has 90 valence electrons. The van der Waals surface area contributed by atoms with Crippen LogP contribution in [0.3, 0.4) is 0 Å². The van der Waals surface area contributed by atoms with E-state index in [1.165, 1.54) is 6.42 Å². The monoisotopic (exact) mass is 223 g/mol. The maximum absolute atomic E-state index is 10.3. The first-order valence-corrected chi connectivity index (χ1v) is 6.08. The first-order valence-electron chi connectivity index (χ1n) is 6.08. The van der Waals surface area contributed by atoms with Crippen LogP contribution < -0.4 is 5.32 Å². The minimum atomic E-state index is -0.475. The van der Waals surface area contributed by atoms with Crippen molar-refractivity contribution in [1.29, 1.82) is 0 Å². The Kier molecular flexibility index (Phi) is 3.61. The number of aryl methyl sites for hydroxylation is 1. The molecule has 0 radical (unpaired) electrons. The van der Waals surface area contributed by atoms with Crippen molar-refractivity contribution >= 4 is 0 Å². The molecule has 0 unspecified atom stereocenters. The van der Waals surface area contributed by atoms with Crippen LogP contribution in [0.4, 0.5) is 0 Å². The summed E-state index contributed by atoms with van der Waals surface area (Å²) in [5.41, 5.74) is 0.677. The molecule has 0 spiro atoms. The van der Waals surface area contributed by atoms with E-state index in [-0.39, 0.29) is 0 Å². The highest BCUT2D eigenvalue weighted by Crippen LogP contribution is 2.27. The van der Waals surface area contributed by atoms with Crippen LogP contribution in [0, 0.1) is 0 Å². The molecule has 16 heavy (non-hydrogen) atoms. The van der Waals surface area contributed by atoms with Crippen molar-refractivity contribution in [2.45, 2.75) is 44.2 Å². The lowest BCUT2D eigenvalue weighted by Gasteiger charge is -2.32. The van der Waals surface area contributed by atoms with Crippen molar-refractivity contribution in [2.24, 2.45) is 7.05 Å². The fraction of sp³-hybridized carbons (Fsp3) is 0.750. The normalized spacial score (nSPS) is 19.9. The van der Waals surface area contributed by atoms with Gasteiger partial charge in [0, 0.05) is 26.3 Å². The van der Waals surface area contributed by atoms with Gasteiger partial charge in [-0.25, -0.2) is 4.98 Å². The topological polar surface area (TPSA) is 50.1 Å². The molecule has 0 amide bonds. The van der Waals surface area contributed by atoms with E-state index in [0.29, 0.717) is 6.54 Å². The number of hydrogen-bond acceptors (Lipinski definition) is 3. The second-order valence-corrected chi connectivity index (χ2v) is 4.88. The van der Waals surface area contributed by atoms with E-state index in [1.807, 2.05) is 17.8 Å². The average molecular weight is 223 g/mol. The molecule has 1 heterocycles. The molecular formula is C12H21N3O. The van der Waals surface area contributed by atoms with Gasteiger partial charge in [0.1, 0.15) is 0 Å². The minimum absolute atomic E-state index is 0.475. The summed E-state index contributed by atoms with van der Waals surface area (Å²) >= 11 is 0. The summed E-state index contributed by atoms with van der Waals surface area (Å²) < 4.78 is 2.00. The Labute approximate surface area is 96.7 Å². The third-order valence-electron chi connectivity index (χ3n) is 3.46. The zero-order valence-corrected chi connectivity index (χ0v) is 9.95. The predicted octanol–water partition coefficient (Wildman–Crippen LogP) is 1.20. The number of aliphatic hydroxyl groups is 1. The SMILES string of the molecule is Cn1cncc1CNCC1(O)CCCCC1. The van der Waals surface area contributed by atoms with Gasteiger partial charge in [0.2, 0.25) is 0 Å². The van der Waals surface area contributed by atoms with E-state index in [9.17, 15) is 5.11 Å². The van der Waals surface area contributed by atoms with Gasteiger partial charge in [-0.1, -0.05) is 19.3 Å². The van der Waals surface area contributed by atoms with Crippen LogP contribution in [0.5, 0.6) is 0 Å². The third-order valence-corrected chi connectivity index (χ3v) is 3.46. The van der Waals surface area contributed by atoms with Crippen molar-refractivity contribution in [2.75, 3.05) is 6.54 Å². The molecule has 0 atom stereocenters. The Morgan fingerprint density at radius 1 is 1.44 bits per heavy atom. The summed E-state index contributed by atoms with van der Waals surface area (Å²) in [4.78, 5) is 4.06. The Hall–Kier alpha value is -0.870. The van der Waals surface area contributed by atoms with Crippen LogP contribution >= 0.6 is 0 Å². The van der Waals surface area contributed by atoms with Gasteiger partial charge in [-0.2, -0.15) is 0 Å². The van der Waals surface area contributed by atoms with Gasteiger partial charge in [0.25, 0.3) is 0 Å². The van der Waals surface area contributed by atoms with Gasteiger partial charge >= 0.3 is 0 Å². The average Bonchev–Trinajstić information content (AvgIpc) is 2.65. The summed E-state index contributed by atoms with van der Waals surface area (Å²) in [5, 5.41) is 13.6. The maximum Gasteiger partial charge on any atom is 0.0945 e. The van der Waals surface area contributed by atoms with Crippen molar-refractivity contribution < 1.29 is 5.11 Å². The number of aromatic nitrogens is 2. The Morgan fingerprint density at radius 3 is 2.81 bits per heavy atom. The Bertz CT molecular complexity index is 329. The molecule has 0 saturated heterocycles. The Balaban J connectivity index is 1.77. The van der Waals surface area contributed by atoms with Crippen LogP contribution in [0.15, 0.2) is 12.5 Å². The highest BCUT2D eigenvalue weighted by Gasteiger charge is 2.28. The molecule has 1 saturated carbocycles. The van der Waals surface area contributed by atoms with E-state index in [0.717, 1.165) is 37.9 Å². The molecule has 4 nitrogen and oxygen atoms in total. The number of rotatable bonds is 4. The lowest BCUT2D eigenvalue weighted by molar-refractivity contribution is 0.00458. The summed E-state index contributed by atoms with van der Waals surface area (Å²) in [6.07, 6.45) is 9.11. The molecule has 1 fully saturated rings. The van der Waals surface area contributed by atoms with Gasteiger partial charge in [-0.15, -0.1) is 0 Å². The lowest BCUT2D eigenvalue weighted by atomic mass is 9.85. The summed E-state index contributed by atoms with van der Waals surface area (Å²) in [7, 11) is 1.99. The minimum Gasteiger partial charge on any atom is -0.389 e. The molecule has 2 rings (SSSR count). The first kappa shape index (κ1) is 11.6. The molecule has 1 aliphatic carbocycles. The largest absolute Gasteiger partial charge is 0.389 e. The van der Waals surface area contributed by atoms with Gasteiger partial charge in [-0.3, -0.25) is 0 Å². The number of imidazole rings is 1. The molecule has 2 N–H and O–H groups in total. The van der Waals surface area contributed by atoms with E-state index in [4.69, 9.17) is 0 Å². The van der Waals surface area contributed by atoms with Crippen molar-refractivity contribution in [3.8, 4) is 0 Å². The van der Waals surface area contributed by atoms with E-state index >= 15 is 0 Å². The third kappa shape index (κ3) is 2.83. The highest BCUT2D eigenvalue weighted by atomic mass is 16.3. The van der Waals surface area contributed by atoms with Crippen LogP contribution in [0.1, 0.15) is 37.8 Å². The fourth-order valence-corrected chi connectivity index (χ4v) is 2.36. The zero-order valence-electron chi connectivity index (χ0n) is 9.95. The molecular weight excluding hydrogens is 202 g/mol. The molecule has 4 heteroatoms. The second kappa shape index (κ2) is 4.97. The fourth-order valence-electron chi connectivity index (χ4n) is 2.36. The van der Waals surface area contributed by atoms with Crippen molar-refractivity contribution in [1.82, 2.24) is 14.9 Å². The van der Waals surface area contributed by atoms with E-state index in [2.05, 4.69) is 10.3 Å². The van der Waals surface area contributed by atoms with Gasteiger partial charge in [-0.05, 0) is 12.8 Å². The summed E-state index contributed by atoms with van der Waals surface area (Å²) in [5.74, 6) is 0. The molecule has 0 aromatic carbocycles. The smallest absolute Gasteiger partial charge is 0.0945 e. The number of nitrogens with zero attached hydrogens (tertiary/aromatic N) is 2. The molecule has 0 aliphatic heterocycles. The lowest BCUT2D eigenvalue weighted by Crippen LogP contribution is -2.42. The highest BCUT2D eigenvalue weighted by molar-refractivity contribution is 4.97.